The summed E-state index contributed by atoms with van der Waals surface area (Å²) in [4.78, 5) is 9.51. The van der Waals surface area contributed by atoms with Gasteiger partial charge < -0.3 is 19.6 Å². The Morgan fingerprint density at radius 2 is 1.94 bits per heavy atom. The fraction of sp³-hybridized carbons (Fsp3) is 0.458. The Balaban J connectivity index is 1.19. The number of rotatable bonds is 7. The molecule has 5 nitrogen and oxygen atoms in total. The number of halogens is 1. The highest BCUT2D eigenvalue weighted by molar-refractivity contribution is 8.13. The zero-order valence-corrected chi connectivity index (χ0v) is 18.7. The van der Waals surface area contributed by atoms with Crippen LogP contribution < -0.4 is 0 Å². The Morgan fingerprint density at radius 3 is 2.71 bits per heavy atom. The van der Waals surface area contributed by atoms with Crippen LogP contribution in [0.3, 0.4) is 0 Å². The molecule has 0 aliphatic carbocycles. The molecule has 2 aromatic carbocycles. The van der Waals surface area contributed by atoms with E-state index in [1.54, 1.807) is 12.1 Å². The molecule has 1 N–H and O–H groups in total. The first-order valence-electron chi connectivity index (χ1n) is 10.8. The van der Waals surface area contributed by atoms with E-state index in [1.165, 1.54) is 17.7 Å². The second-order valence-corrected chi connectivity index (χ2v) is 9.19. The van der Waals surface area contributed by atoms with Crippen LogP contribution in [0.2, 0.25) is 0 Å². The molecular formula is C24H30FN3O2S. The summed E-state index contributed by atoms with van der Waals surface area (Å²) in [6.45, 7) is 3.19. The van der Waals surface area contributed by atoms with E-state index in [-0.39, 0.29) is 12.4 Å². The van der Waals surface area contributed by atoms with E-state index in [0.29, 0.717) is 19.2 Å². The van der Waals surface area contributed by atoms with Crippen LogP contribution in [0.1, 0.15) is 24.0 Å². The molecule has 0 radical (unpaired) electrons. The van der Waals surface area contributed by atoms with Gasteiger partial charge in [0, 0.05) is 38.5 Å². The van der Waals surface area contributed by atoms with Crippen LogP contribution in [0.25, 0.3) is 0 Å². The third kappa shape index (κ3) is 6.07. The molecule has 2 aliphatic heterocycles. The van der Waals surface area contributed by atoms with Crippen molar-refractivity contribution < 1.29 is 14.2 Å². The molecule has 4 rings (SSSR count). The first-order chi connectivity index (χ1) is 15.1. The van der Waals surface area contributed by atoms with Gasteiger partial charge in [-0.3, -0.25) is 0 Å². The lowest BCUT2D eigenvalue weighted by atomic mass is 10.0. The molecule has 1 unspecified atom stereocenters. The molecule has 2 aliphatic rings. The van der Waals surface area contributed by atoms with Crippen molar-refractivity contribution in [2.45, 2.75) is 37.3 Å². The number of aliphatic imine (C=N–C) groups is 1. The van der Waals surface area contributed by atoms with Crippen molar-refractivity contribution >= 4 is 22.6 Å². The van der Waals surface area contributed by atoms with Crippen LogP contribution in [0.5, 0.6) is 0 Å². The fourth-order valence-corrected chi connectivity index (χ4v) is 5.13. The fourth-order valence-electron chi connectivity index (χ4n) is 4.09. The van der Waals surface area contributed by atoms with Crippen LogP contribution in [-0.4, -0.2) is 65.5 Å². The topological polar surface area (TPSA) is 48.3 Å². The largest absolute Gasteiger partial charge is 0.389 e. The average molecular weight is 444 g/mol. The third-order valence-electron chi connectivity index (χ3n) is 5.93. The van der Waals surface area contributed by atoms with Gasteiger partial charge in [-0.05, 0) is 42.2 Å². The molecule has 2 heterocycles. The van der Waals surface area contributed by atoms with Crippen LogP contribution in [-0.2, 0) is 17.1 Å². The van der Waals surface area contributed by atoms with Gasteiger partial charge in [0.1, 0.15) is 5.82 Å². The Labute approximate surface area is 187 Å². The van der Waals surface area contributed by atoms with Crippen molar-refractivity contribution in [2.75, 3.05) is 33.3 Å². The lowest BCUT2D eigenvalue weighted by Gasteiger charge is -2.39. The maximum atomic E-state index is 12.9. The predicted octanol–water partition coefficient (Wildman–Crippen LogP) is 4.03. The lowest BCUT2D eigenvalue weighted by molar-refractivity contribution is 0.00421. The smallest absolute Gasteiger partial charge is 0.164 e. The summed E-state index contributed by atoms with van der Waals surface area (Å²) in [5.41, 5.74) is 3.29. The molecule has 0 aromatic heterocycles. The third-order valence-corrected chi connectivity index (χ3v) is 7.03. The van der Waals surface area contributed by atoms with E-state index in [9.17, 15) is 9.50 Å². The summed E-state index contributed by atoms with van der Waals surface area (Å²) in [6, 6.07) is 15.1. The number of β-amino-alcohol motifs (C(OH)–C–C–N with tert-alkyl or cyclic N) is 1. The predicted molar refractivity (Wildman–Crippen MR) is 124 cm³/mol. The van der Waals surface area contributed by atoms with Crippen molar-refractivity contribution in [2.24, 2.45) is 4.99 Å². The van der Waals surface area contributed by atoms with Crippen LogP contribution in [0.15, 0.2) is 53.5 Å². The first-order valence-corrected chi connectivity index (χ1v) is 11.8. The first kappa shape index (κ1) is 22.3. The normalized spacial score (nSPS) is 18.4. The molecule has 2 aromatic rings. The standard InChI is InChI=1S/C24H30FN3O2S/c1-27(24-26-23-5-3-2-4-19(23)17-31-24)21-10-12-28(13-11-21)14-22(29)16-30-15-18-6-8-20(25)9-7-18/h2-9,21-22,29H,10-17H2,1H3. The van der Waals surface area contributed by atoms with Gasteiger partial charge in [-0.15, -0.1) is 0 Å². The number of amidine groups is 1. The van der Waals surface area contributed by atoms with E-state index in [2.05, 4.69) is 35.0 Å². The summed E-state index contributed by atoms with van der Waals surface area (Å²) >= 11 is 1.81. The molecule has 0 amide bonds. The minimum absolute atomic E-state index is 0.253. The summed E-state index contributed by atoms with van der Waals surface area (Å²) < 4.78 is 18.5. The summed E-state index contributed by atoms with van der Waals surface area (Å²) in [5, 5.41) is 11.4. The zero-order valence-electron chi connectivity index (χ0n) is 17.9. The van der Waals surface area contributed by atoms with E-state index in [4.69, 9.17) is 9.73 Å². The van der Waals surface area contributed by atoms with E-state index in [0.717, 1.165) is 48.1 Å². The minimum Gasteiger partial charge on any atom is -0.389 e. The van der Waals surface area contributed by atoms with Gasteiger partial charge in [-0.25, -0.2) is 9.38 Å². The van der Waals surface area contributed by atoms with Gasteiger partial charge >= 0.3 is 0 Å². The van der Waals surface area contributed by atoms with Crippen LogP contribution >= 0.6 is 11.8 Å². The highest BCUT2D eigenvalue weighted by Gasteiger charge is 2.27. The van der Waals surface area contributed by atoms with Gasteiger partial charge in [0.25, 0.3) is 0 Å². The van der Waals surface area contributed by atoms with Crippen molar-refractivity contribution in [1.29, 1.82) is 0 Å². The van der Waals surface area contributed by atoms with Gasteiger partial charge in [-0.1, -0.05) is 42.1 Å². The number of para-hydroxylation sites is 1. The van der Waals surface area contributed by atoms with Crippen molar-refractivity contribution in [1.82, 2.24) is 9.80 Å². The van der Waals surface area contributed by atoms with Gasteiger partial charge in [0.15, 0.2) is 5.17 Å². The number of fused-ring (bicyclic) bond motifs is 1. The summed E-state index contributed by atoms with van der Waals surface area (Å²) in [5.74, 6) is 0.722. The molecule has 1 fully saturated rings. The van der Waals surface area contributed by atoms with E-state index < -0.39 is 6.10 Å². The maximum Gasteiger partial charge on any atom is 0.164 e. The Hall–Kier alpha value is -1.93. The number of piperidine rings is 1. The Bertz CT molecular complexity index is 885. The number of ether oxygens (including phenoxy) is 1. The second kappa shape index (κ2) is 10.6. The van der Waals surface area contributed by atoms with Gasteiger partial charge in [0.05, 0.1) is 25.0 Å². The highest BCUT2D eigenvalue weighted by Crippen LogP contribution is 2.32. The number of hydrogen-bond donors (Lipinski definition) is 1. The monoisotopic (exact) mass is 443 g/mol. The zero-order chi connectivity index (χ0) is 21.6. The van der Waals surface area contributed by atoms with Gasteiger partial charge in [-0.2, -0.15) is 0 Å². The molecule has 7 heteroatoms. The number of aliphatic hydroxyl groups excluding tert-OH is 1. The minimum atomic E-state index is -0.524. The molecule has 166 valence electrons. The number of thioether (sulfide) groups is 1. The molecule has 1 atom stereocenters. The van der Waals surface area contributed by atoms with Crippen LogP contribution in [0, 0.1) is 5.82 Å². The van der Waals surface area contributed by atoms with Crippen molar-refractivity contribution in [3.8, 4) is 0 Å². The van der Waals surface area contributed by atoms with Crippen molar-refractivity contribution in [3.05, 3.63) is 65.5 Å². The number of nitrogens with zero attached hydrogens (tertiary/aromatic N) is 3. The number of aliphatic hydroxyl groups is 1. The summed E-state index contributed by atoms with van der Waals surface area (Å²) in [6.07, 6.45) is 1.59. The Kier molecular flexibility index (Phi) is 7.61. The number of benzene rings is 2. The molecule has 0 spiro atoms. The molecule has 1 saturated heterocycles. The molecule has 0 bridgehead atoms. The molecular weight excluding hydrogens is 413 g/mol. The van der Waals surface area contributed by atoms with Crippen LogP contribution in [0.4, 0.5) is 10.1 Å². The van der Waals surface area contributed by atoms with Gasteiger partial charge in [0.2, 0.25) is 0 Å². The lowest BCUT2D eigenvalue weighted by Crippen LogP contribution is -2.47. The Morgan fingerprint density at radius 1 is 1.19 bits per heavy atom. The highest BCUT2D eigenvalue weighted by atomic mass is 32.2. The number of likely N-dealkylation sites (tertiary alicyclic amines) is 1. The maximum absolute atomic E-state index is 12.9. The average Bonchev–Trinajstić information content (AvgIpc) is 2.80. The summed E-state index contributed by atoms with van der Waals surface area (Å²) in [7, 11) is 2.15. The second-order valence-electron chi connectivity index (χ2n) is 8.25. The van der Waals surface area contributed by atoms with E-state index in [1.807, 2.05) is 17.8 Å². The van der Waals surface area contributed by atoms with Crippen molar-refractivity contribution in [3.63, 3.8) is 0 Å². The SMILES string of the molecule is CN(C1=Nc2ccccc2CS1)C1CCN(CC(O)COCc2ccc(F)cc2)CC1. The molecule has 31 heavy (non-hydrogen) atoms. The number of hydrogen-bond acceptors (Lipinski definition) is 6. The molecule has 0 saturated carbocycles. The quantitative estimate of drug-likeness (QED) is 0.700. The van der Waals surface area contributed by atoms with E-state index >= 15 is 0 Å².